The van der Waals surface area contributed by atoms with Crippen molar-refractivity contribution in [1.82, 2.24) is 29.9 Å². The van der Waals surface area contributed by atoms with Crippen molar-refractivity contribution in [3.63, 3.8) is 0 Å². The molecule has 4 rings (SSSR count). The highest BCUT2D eigenvalue weighted by Crippen LogP contribution is 2.29. The van der Waals surface area contributed by atoms with Crippen LogP contribution in [0.4, 0.5) is 5.82 Å². The van der Waals surface area contributed by atoms with Gasteiger partial charge in [0.2, 0.25) is 5.65 Å². The van der Waals surface area contributed by atoms with E-state index in [0.29, 0.717) is 47.2 Å². The van der Waals surface area contributed by atoms with Crippen LogP contribution in [-0.2, 0) is 12.0 Å². The summed E-state index contributed by atoms with van der Waals surface area (Å²) in [7, 11) is 0. The molecule has 0 radical (unpaired) electrons. The molecule has 1 aliphatic heterocycles. The van der Waals surface area contributed by atoms with Gasteiger partial charge < -0.3 is 10.0 Å². The molecule has 4 heterocycles. The molecule has 142 valence electrons. The second kappa shape index (κ2) is 6.69. The summed E-state index contributed by atoms with van der Waals surface area (Å²) in [5.74, 6) is 1.43. The fourth-order valence-electron chi connectivity index (χ4n) is 3.07. The van der Waals surface area contributed by atoms with Gasteiger partial charge in [-0.1, -0.05) is 32.4 Å². The van der Waals surface area contributed by atoms with Crippen molar-refractivity contribution in [2.24, 2.45) is 0 Å². The second-order valence-electron chi connectivity index (χ2n) is 7.84. The first-order chi connectivity index (χ1) is 12.8. The molecule has 0 saturated carbocycles. The number of pyridine rings is 1. The number of fused-ring (bicyclic) bond motifs is 1. The van der Waals surface area contributed by atoms with Crippen LogP contribution in [0.2, 0.25) is 5.02 Å². The molecule has 1 saturated heterocycles. The Morgan fingerprint density at radius 3 is 2.74 bits per heavy atom. The highest BCUT2D eigenvalue weighted by molar-refractivity contribution is 6.31. The zero-order chi connectivity index (χ0) is 19.2. The molecule has 0 aromatic carbocycles. The van der Waals surface area contributed by atoms with Gasteiger partial charge in [0.15, 0.2) is 11.3 Å². The van der Waals surface area contributed by atoms with Crippen molar-refractivity contribution in [2.45, 2.75) is 45.3 Å². The van der Waals surface area contributed by atoms with Gasteiger partial charge in [-0.3, -0.25) is 4.98 Å². The van der Waals surface area contributed by atoms with Gasteiger partial charge >= 0.3 is 0 Å². The average molecular weight is 388 g/mol. The maximum atomic E-state index is 9.94. The molecule has 1 aliphatic rings. The number of aromatic nitrogens is 6. The van der Waals surface area contributed by atoms with Crippen molar-refractivity contribution in [3.8, 4) is 0 Å². The molecule has 1 fully saturated rings. The number of rotatable bonds is 3. The molecule has 0 aliphatic carbocycles. The normalized spacial score (nSPS) is 17.8. The zero-order valence-corrected chi connectivity index (χ0v) is 16.3. The molecule has 9 heteroatoms. The SMILES string of the molecule is CC(C)(C)c1nc(N2CC[C@H](O)C2)c2nn(Cc3ncccc3Cl)nc2n1. The van der Waals surface area contributed by atoms with E-state index in [9.17, 15) is 5.11 Å². The first-order valence-electron chi connectivity index (χ1n) is 8.97. The second-order valence-corrected chi connectivity index (χ2v) is 8.25. The number of halogens is 1. The van der Waals surface area contributed by atoms with Gasteiger partial charge in [0, 0.05) is 24.7 Å². The molecular formula is C18H22ClN7O. The van der Waals surface area contributed by atoms with Crippen LogP contribution in [0.15, 0.2) is 18.3 Å². The third-order valence-electron chi connectivity index (χ3n) is 4.53. The van der Waals surface area contributed by atoms with Crippen LogP contribution >= 0.6 is 11.6 Å². The standard InChI is InChI=1S/C18H22ClN7O/c1-18(2,3)17-21-15-14(16(22-17)25-8-6-11(27)9-25)23-26(24-15)10-13-12(19)5-4-7-20-13/h4-5,7,11,27H,6,8-10H2,1-3H3/t11-/m0/s1. The number of aliphatic hydroxyl groups is 1. The summed E-state index contributed by atoms with van der Waals surface area (Å²) in [5, 5.41) is 19.7. The molecule has 0 amide bonds. The third kappa shape index (κ3) is 3.59. The Hall–Kier alpha value is -2.32. The number of β-amino-alcohol motifs (C(OH)–C–C–N with tert-alkyl or cyclic N) is 1. The fraction of sp³-hybridized carbons (Fsp3) is 0.500. The number of hydrogen-bond acceptors (Lipinski definition) is 7. The van der Waals surface area contributed by atoms with Crippen LogP contribution in [-0.4, -0.2) is 54.2 Å². The number of hydrogen-bond donors (Lipinski definition) is 1. The largest absolute Gasteiger partial charge is 0.391 e. The molecule has 1 atom stereocenters. The van der Waals surface area contributed by atoms with Crippen LogP contribution in [0.1, 0.15) is 38.7 Å². The van der Waals surface area contributed by atoms with Crippen molar-refractivity contribution in [2.75, 3.05) is 18.0 Å². The highest BCUT2D eigenvalue weighted by atomic mass is 35.5. The Kier molecular flexibility index (Phi) is 4.47. The molecule has 3 aromatic rings. The molecule has 0 unspecified atom stereocenters. The Morgan fingerprint density at radius 2 is 2.07 bits per heavy atom. The fourth-order valence-corrected chi connectivity index (χ4v) is 3.25. The minimum atomic E-state index is -0.351. The van der Waals surface area contributed by atoms with Gasteiger partial charge in [-0.25, -0.2) is 9.97 Å². The molecule has 0 spiro atoms. The van der Waals surface area contributed by atoms with Crippen LogP contribution < -0.4 is 4.90 Å². The van der Waals surface area contributed by atoms with Crippen molar-refractivity contribution in [1.29, 1.82) is 0 Å². The van der Waals surface area contributed by atoms with Gasteiger partial charge in [0.25, 0.3) is 0 Å². The topological polar surface area (TPSA) is 92.8 Å². The summed E-state index contributed by atoms with van der Waals surface area (Å²) in [4.78, 5) is 17.3. The van der Waals surface area contributed by atoms with E-state index in [0.717, 1.165) is 12.4 Å². The zero-order valence-electron chi connectivity index (χ0n) is 15.6. The summed E-state index contributed by atoms with van der Waals surface area (Å²) < 4.78 is 0. The van der Waals surface area contributed by atoms with Gasteiger partial charge in [-0.05, 0) is 18.6 Å². The van der Waals surface area contributed by atoms with Crippen molar-refractivity contribution < 1.29 is 5.11 Å². The van der Waals surface area contributed by atoms with Crippen LogP contribution in [0.3, 0.4) is 0 Å². The number of aliphatic hydroxyl groups excluding tert-OH is 1. The van der Waals surface area contributed by atoms with Gasteiger partial charge in [-0.2, -0.15) is 4.80 Å². The Balaban J connectivity index is 1.80. The lowest BCUT2D eigenvalue weighted by Gasteiger charge is -2.21. The van der Waals surface area contributed by atoms with Gasteiger partial charge in [0.1, 0.15) is 12.4 Å². The van der Waals surface area contributed by atoms with E-state index in [4.69, 9.17) is 16.6 Å². The van der Waals surface area contributed by atoms with E-state index in [2.05, 4.69) is 45.8 Å². The predicted octanol–water partition coefficient (Wildman–Crippen LogP) is 2.19. The number of nitrogens with zero attached hydrogens (tertiary/aromatic N) is 7. The third-order valence-corrected chi connectivity index (χ3v) is 4.88. The predicted molar refractivity (Wildman–Crippen MR) is 103 cm³/mol. The van der Waals surface area contributed by atoms with Crippen molar-refractivity contribution in [3.05, 3.63) is 34.9 Å². The van der Waals surface area contributed by atoms with E-state index in [1.807, 2.05) is 0 Å². The van der Waals surface area contributed by atoms with Crippen LogP contribution in [0, 0.1) is 0 Å². The lowest BCUT2D eigenvalue weighted by molar-refractivity contribution is 0.198. The molecule has 3 aromatic heterocycles. The number of anilines is 1. The lowest BCUT2D eigenvalue weighted by atomic mass is 9.96. The van der Waals surface area contributed by atoms with E-state index < -0.39 is 0 Å². The summed E-state index contributed by atoms with van der Waals surface area (Å²) in [5.41, 5.74) is 1.64. The molecule has 27 heavy (non-hydrogen) atoms. The van der Waals surface area contributed by atoms with Gasteiger partial charge in [-0.15, -0.1) is 10.2 Å². The minimum absolute atomic E-state index is 0.227. The molecular weight excluding hydrogens is 366 g/mol. The maximum Gasteiger partial charge on any atom is 0.207 e. The minimum Gasteiger partial charge on any atom is -0.391 e. The van der Waals surface area contributed by atoms with E-state index in [-0.39, 0.29) is 11.5 Å². The Bertz CT molecular complexity index is 981. The first-order valence-corrected chi connectivity index (χ1v) is 9.35. The average Bonchev–Trinajstić information content (AvgIpc) is 3.21. The van der Waals surface area contributed by atoms with Crippen LogP contribution in [0.25, 0.3) is 11.2 Å². The quantitative estimate of drug-likeness (QED) is 0.736. The van der Waals surface area contributed by atoms with Gasteiger partial charge in [0.05, 0.1) is 16.8 Å². The van der Waals surface area contributed by atoms with E-state index >= 15 is 0 Å². The highest BCUT2D eigenvalue weighted by Gasteiger charge is 2.28. The molecule has 8 nitrogen and oxygen atoms in total. The first kappa shape index (κ1) is 18.1. The Morgan fingerprint density at radius 1 is 1.26 bits per heavy atom. The summed E-state index contributed by atoms with van der Waals surface area (Å²) in [6.45, 7) is 7.81. The van der Waals surface area contributed by atoms with E-state index in [1.54, 1.807) is 23.1 Å². The summed E-state index contributed by atoms with van der Waals surface area (Å²) in [6.07, 6.45) is 2.06. The monoisotopic (exact) mass is 387 g/mol. The molecule has 1 N–H and O–H groups in total. The van der Waals surface area contributed by atoms with Crippen molar-refractivity contribution >= 4 is 28.6 Å². The summed E-state index contributed by atoms with van der Waals surface area (Å²) >= 11 is 6.21. The maximum absolute atomic E-state index is 9.94. The van der Waals surface area contributed by atoms with Crippen LogP contribution in [0.5, 0.6) is 0 Å². The summed E-state index contributed by atoms with van der Waals surface area (Å²) in [6, 6.07) is 3.58. The smallest absolute Gasteiger partial charge is 0.207 e. The van der Waals surface area contributed by atoms with E-state index in [1.165, 1.54) is 0 Å². The lowest BCUT2D eigenvalue weighted by Crippen LogP contribution is -2.25. The molecule has 0 bridgehead atoms. The Labute approximate surface area is 162 Å².